The Morgan fingerprint density at radius 2 is 2.25 bits per heavy atom. The van der Waals surface area contributed by atoms with Gasteiger partial charge in [0.2, 0.25) is 5.95 Å². The van der Waals surface area contributed by atoms with Crippen molar-refractivity contribution in [2.24, 2.45) is 0 Å². The molecule has 1 unspecified atom stereocenters. The van der Waals surface area contributed by atoms with Crippen LogP contribution in [0.3, 0.4) is 0 Å². The van der Waals surface area contributed by atoms with Gasteiger partial charge in [0.05, 0.1) is 23.2 Å². The van der Waals surface area contributed by atoms with Crippen LogP contribution in [0.4, 0.5) is 16.2 Å². The van der Waals surface area contributed by atoms with Crippen molar-refractivity contribution in [2.45, 2.75) is 32.2 Å². The van der Waals surface area contributed by atoms with Crippen LogP contribution in [0.15, 0.2) is 6.20 Å². The SMILES string of the molecule is CCCNc1ncc(F)c(NC2(C)CCS(=O)(=O)C2)n1. The van der Waals surface area contributed by atoms with Crippen molar-refractivity contribution in [3.05, 3.63) is 12.0 Å². The third-order valence-electron chi connectivity index (χ3n) is 3.20. The molecule has 0 bridgehead atoms. The number of hydrogen-bond donors (Lipinski definition) is 2. The fourth-order valence-electron chi connectivity index (χ4n) is 2.17. The maximum Gasteiger partial charge on any atom is 0.224 e. The fourth-order valence-corrected chi connectivity index (χ4v) is 4.26. The van der Waals surface area contributed by atoms with Crippen LogP contribution in [-0.4, -0.2) is 42.0 Å². The molecule has 0 saturated carbocycles. The molecule has 1 aromatic heterocycles. The minimum Gasteiger partial charge on any atom is -0.361 e. The minimum absolute atomic E-state index is 0.0127. The Labute approximate surface area is 118 Å². The standard InChI is InChI=1S/C12H19FN4O2S/c1-3-5-14-11-15-7-9(13)10(16-11)17-12(2)4-6-20(18,19)8-12/h7H,3-6,8H2,1-2H3,(H2,14,15,16,17). The highest BCUT2D eigenvalue weighted by Crippen LogP contribution is 2.27. The van der Waals surface area contributed by atoms with E-state index >= 15 is 0 Å². The molecule has 0 aromatic carbocycles. The van der Waals surface area contributed by atoms with Gasteiger partial charge in [-0.2, -0.15) is 4.98 Å². The van der Waals surface area contributed by atoms with E-state index in [1.165, 1.54) is 0 Å². The number of hydrogen-bond acceptors (Lipinski definition) is 6. The summed E-state index contributed by atoms with van der Waals surface area (Å²) in [5, 5.41) is 5.88. The van der Waals surface area contributed by atoms with Gasteiger partial charge in [-0.3, -0.25) is 0 Å². The number of nitrogens with one attached hydrogen (secondary N) is 2. The summed E-state index contributed by atoms with van der Waals surface area (Å²) in [5.41, 5.74) is -0.684. The van der Waals surface area contributed by atoms with Gasteiger partial charge in [0.1, 0.15) is 0 Å². The Morgan fingerprint density at radius 1 is 1.50 bits per heavy atom. The van der Waals surface area contributed by atoms with Crippen molar-refractivity contribution >= 4 is 21.6 Å². The number of anilines is 2. The summed E-state index contributed by atoms with van der Waals surface area (Å²) < 4.78 is 36.8. The first-order valence-electron chi connectivity index (χ1n) is 6.59. The fraction of sp³-hybridized carbons (Fsp3) is 0.667. The summed E-state index contributed by atoms with van der Waals surface area (Å²) in [6.45, 7) is 4.45. The number of rotatable bonds is 5. The van der Waals surface area contributed by atoms with Crippen LogP contribution in [0.25, 0.3) is 0 Å². The summed E-state index contributed by atoms with van der Waals surface area (Å²) in [6, 6.07) is 0. The molecule has 20 heavy (non-hydrogen) atoms. The third-order valence-corrected chi connectivity index (χ3v) is 5.10. The van der Waals surface area contributed by atoms with Crippen molar-refractivity contribution in [3.8, 4) is 0 Å². The normalized spacial score (nSPS) is 24.6. The smallest absolute Gasteiger partial charge is 0.224 e. The molecule has 2 heterocycles. The molecule has 1 aliphatic rings. The van der Waals surface area contributed by atoms with Crippen molar-refractivity contribution in [3.63, 3.8) is 0 Å². The van der Waals surface area contributed by atoms with E-state index in [1.54, 1.807) is 6.92 Å². The first-order chi connectivity index (χ1) is 9.34. The predicted octanol–water partition coefficient (Wildman–Crippen LogP) is 1.43. The van der Waals surface area contributed by atoms with Crippen LogP contribution >= 0.6 is 0 Å². The van der Waals surface area contributed by atoms with Gasteiger partial charge in [0.25, 0.3) is 0 Å². The molecule has 2 rings (SSSR count). The van der Waals surface area contributed by atoms with E-state index in [9.17, 15) is 12.8 Å². The molecule has 1 atom stereocenters. The Morgan fingerprint density at radius 3 is 2.85 bits per heavy atom. The topological polar surface area (TPSA) is 84.0 Å². The number of nitrogens with zero attached hydrogens (tertiary/aromatic N) is 2. The zero-order valence-electron chi connectivity index (χ0n) is 11.6. The molecule has 8 heteroatoms. The van der Waals surface area contributed by atoms with Gasteiger partial charge in [-0.15, -0.1) is 0 Å². The van der Waals surface area contributed by atoms with Gasteiger partial charge >= 0.3 is 0 Å². The Hall–Kier alpha value is -1.44. The average Bonchev–Trinajstić information content (AvgIpc) is 2.64. The number of halogens is 1. The van der Waals surface area contributed by atoms with Crippen LogP contribution in [0.5, 0.6) is 0 Å². The summed E-state index contributed by atoms with van der Waals surface area (Å²) in [5.74, 6) is -0.110. The van der Waals surface area contributed by atoms with E-state index in [4.69, 9.17) is 0 Å². The van der Waals surface area contributed by atoms with E-state index < -0.39 is 21.2 Å². The lowest BCUT2D eigenvalue weighted by Crippen LogP contribution is -2.36. The van der Waals surface area contributed by atoms with Crippen molar-refractivity contribution in [1.82, 2.24) is 9.97 Å². The molecule has 0 spiro atoms. The molecule has 0 radical (unpaired) electrons. The van der Waals surface area contributed by atoms with E-state index in [1.807, 2.05) is 6.92 Å². The van der Waals surface area contributed by atoms with Gasteiger partial charge < -0.3 is 10.6 Å². The van der Waals surface area contributed by atoms with Crippen LogP contribution in [0, 0.1) is 5.82 Å². The summed E-state index contributed by atoms with van der Waals surface area (Å²) >= 11 is 0. The maximum atomic E-state index is 13.7. The Balaban J connectivity index is 2.16. The first-order valence-corrected chi connectivity index (χ1v) is 8.41. The van der Waals surface area contributed by atoms with Gasteiger partial charge in [0.15, 0.2) is 21.5 Å². The molecule has 0 amide bonds. The minimum atomic E-state index is -3.06. The molecule has 0 aliphatic carbocycles. The molecule has 1 fully saturated rings. The summed E-state index contributed by atoms with van der Waals surface area (Å²) in [6.07, 6.45) is 2.43. The second-order valence-electron chi connectivity index (χ2n) is 5.34. The highest BCUT2D eigenvalue weighted by Gasteiger charge is 2.39. The Kier molecular flexibility index (Phi) is 4.12. The molecular formula is C12H19FN4O2S. The van der Waals surface area contributed by atoms with Gasteiger partial charge in [-0.1, -0.05) is 6.92 Å². The lowest BCUT2D eigenvalue weighted by atomic mass is 10.0. The molecule has 2 N–H and O–H groups in total. The lowest BCUT2D eigenvalue weighted by Gasteiger charge is -2.24. The maximum absolute atomic E-state index is 13.7. The monoisotopic (exact) mass is 302 g/mol. The lowest BCUT2D eigenvalue weighted by molar-refractivity contribution is 0.555. The third kappa shape index (κ3) is 3.56. The highest BCUT2D eigenvalue weighted by atomic mass is 32.2. The van der Waals surface area contributed by atoms with Crippen LogP contribution in [0.1, 0.15) is 26.7 Å². The van der Waals surface area contributed by atoms with Crippen molar-refractivity contribution in [2.75, 3.05) is 28.7 Å². The van der Waals surface area contributed by atoms with Crippen LogP contribution in [0.2, 0.25) is 0 Å². The summed E-state index contributed by atoms with van der Waals surface area (Å²) in [4.78, 5) is 7.91. The molecule has 6 nitrogen and oxygen atoms in total. The quantitative estimate of drug-likeness (QED) is 0.856. The summed E-state index contributed by atoms with van der Waals surface area (Å²) in [7, 11) is -3.06. The largest absolute Gasteiger partial charge is 0.361 e. The van der Waals surface area contributed by atoms with E-state index in [0.29, 0.717) is 18.9 Å². The van der Waals surface area contributed by atoms with E-state index in [-0.39, 0.29) is 17.3 Å². The average molecular weight is 302 g/mol. The molecule has 1 aromatic rings. The molecule has 1 aliphatic heterocycles. The van der Waals surface area contributed by atoms with E-state index in [2.05, 4.69) is 20.6 Å². The molecular weight excluding hydrogens is 283 g/mol. The number of aromatic nitrogens is 2. The van der Waals surface area contributed by atoms with Crippen LogP contribution in [-0.2, 0) is 9.84 Å². The van der Waals surface area contributed by atoms with Gasteiger partial charge in [0, 0.05) is 6.54 Å². The molecule has 112 valence electrons. The van der Waals surface area contributed by atoms with Crippen molar-refractivity contribution < 1.29 is 12.8 Å². The zero-order valence-corrected chi connectivity index (χ0v) is 12.4. The second kappa shape index (κ2) is 5.51. The first kappa shape index (κ1) is 15.0. The predicted molar refractivity (Wildman–Crippen MR) is 76.1 cm³/mol. The number of sulfone groups is 1. The molecule has 1 saturated heterocycles. The van der Waals surface area contributed by atoms with Gasteiger partial charge in [-0.25, -0.2) is 17.8 Å². The van der Waals surface area contributed by atoms with E-state index in [0.717, 1.165) is 12.6 Å². The zero-order chi connectivity index (χ0) is 14.8. The van der Waals surface area contributed by atoms with Crippen LogP contribution < -0.4 is 10.6 Å². The van der Waals surface area contributed by atoms with Gasteiger partial charge in [-0.05, 0) is 19.8 Å². The Bertz CT molecular complexity index is 593. The highest BCUT2D eigenvalue weighted by molar-refractivity contribution is 7.91. The second-order valence-corrected chi connectivity index (χ2v) is 7.53. The van der Waals surface area contributed by atoms with Crippen molar-refractivity contribution in [1.29, 1.82) is 0 Å².